The van der Waals surface area contributed by atoms with Gasteiger partial charge in [-0.2, -0.15) is 0 Å². The molecular formula is C15H20FN3. The van der Waals surface area contributed by atoms with Crippen LogP contribution in [-0.4, -0.2) is 16.0 Å². The highest BCUT2D eigenvalue weighted by molar-refractivity contribution is 5.59. The van der Waals surface area contributed by atoms with Crippen molar-refractivity contribution in [1.29, 1.82) is 0 Å². The highest BCUT2D eigenvalue weighted by Crippen LogP contribution is 2.19. The second-order valence-corrected chi connectivity index (χ2v) is 4.90. The minimum atomic E-state index is -0.189. The second-order valence-electron chi connectivity index (χ2n) is 4.90. The van der Waals surface area contributed by atoms with Crippen LogP contribution in [0.25, 0.3) is 11.3 Å². The summed E-state index contributed by atoms with van der Waals surface area (Å²) in [5.74, 6) is 0.683. The van der Waals surface area contributed by atoms with Gasteiger partial charge >= 0.3 is 0 Å². The maximum atomic E-state index is 13.5. The minimum Gasteiger partial charge on any atom is -0.341 e. The number of benzene rings is 1. The van der Waals surface area contributed by atoms with Crippen molar-refractivity contribution in [1.82, 2.24) is 15.3 Å². The molecule has 1 atom stereocenters. The highest BCUT2D eigenvalue weighted by Gasteiger charge is 2.06. The number of aromatic amines is 1. The lowest BCUT2D eigenvalue weighted by atomic mass is 10.1. The predicted molar refractivity (Wildman–Crippen MR) is 75.3 cm³/mol. The number of hydrogen-bond donors (Lipinski definition) is 2. The highest BCUT2D eigenvalue weighted by atomic mass is 19.1. The Bertz CT molecular complexity index is 548. The third kappa shape index (κ3) is 3.41. The van der Waals surface area contributed by atoms with Gasteiger partial charge in [-0.15, -0.1) is 0 Å². The second kappa shape index (κ2) is 5.97. The van der Waals surface area contributed by atoms with Gasteiger partial charge in [-0.05, 0) is 31.9 Å². The average Bonchev–Trinajstić information content (AvgIpc) is 2.88. The van der Waals surface area contributed by atoms with Crippen molar-refractivity contribution in [2.24, 2.45) is 0 Å². The summed E-state index contributed by atoms with van der Waals surface area (Å²) in [7, 11) is 0. The summed E-state index contributed by atoms with van der Waals surface area (Å²) in [6.45, 7) is 6.73. The van der Waals surface area contributed by atoms with Crippen molar-refractivity contribution < 1.29 is 4.39 Å². The predicted octanol–water partition coefficient (Wildman–Crippen LogP) is 3.41. The molecular weight excluding hydrogens is 241 g/mol. The minimum absolute atomic E-state index is 0.189. The molecule has 0 radical (unpaired) electrons. The molecule has 0 aliphatic carbocycles. The molecule has 0 aliphatic rings. The number of nitrogens with zero attached hydrogens (tertiary/aromatic N) is 1. The summed E-state index contributed by atoms with van der Waals surface area (Å²) in [5.41, 5.74) is 2.33. The summed E-state index contributed by atoms with van der Waals surface area (Å²) in [5, 5.41) is 3.37. The van der Waals surface area contributed by atoms with Gasteiger partial charge in [0.25, 0.3) is 0 Å². The molecule has 1 unspecified atom stereocenters. The molecule has 0 fully saturated rings. The molecule has 2 N–H and O–H groups in total. The molecule has 2 aromatic rings. The Labute approximate surface area is 113 Å². The van der Waals surface area contributed by atoms with E-state index in [0.717, 1.165) is 23.5 Å². The third-order valence-electron chi connectivity index (χ3n) is 3.34. The summed E-state index contributed by atoms with van der Waals surface area (Å²) in [6, 6.07) is 5.68. The Hall–Kier alpha value is -1.68. The van der Waals surface area contributed by atoms with Crippen molar-refractivity contribution in [2.75, 3.05) is 0 Å². The summed E-state index contributed by atoms with van der Waals surface area (Å²) in [4.78, 5) is 7.53. The quantitative estimate of drug-likeness (QED) is 0.866. The zero-order valence-electron chi connectivity index (χ0n) is 11.6. The number of halogens is 1. The molecule has 2 rings (SSSR count). The number of aromatic nitrogens is 2. The Morgan fingerprint density at radius 1 is 1.42 bits per heavy atom. The monoisotopic (exact) mass is 261 g/mol. The molecule has 0 saturated heterocycles. The Morgan fingerprint density at radius 2 is 2.21 bits per heavy atom. The fourth-order valence-electron chi connectivity index (χ4n) is 1.77. The molecule has 1 aromatic carbocycles. The number of nitrogens with one attached hydrogen (secondary N) is 2. The molecule has 0 amide bonds. The van der Waals surface area contributed by atoms with Crippen molar-refractivity contribution in [3.8, 4) is 11.3 Å². The molecule has 1 heterocycles. The molecule has 0 bridgehead atoms. The van der Waals surface area contributed by atoms with E-state index < -0.39 is 0 Å². The summed E-state index contributed by atoms with van der Waals surface area (Å²) in [6.07, 6.45) is 2.83. The van der Waals surface area contributed by atoms with Crippen molar-refractivity contribution in [3.05, 3.63) is 41.6 Å². The number of rotatable bonds is 5. The average molecular weight is 261 g/mol. The summed E-state index contributed by atoms with van der Waals surface area (Å²) >= 11 is 0. The number of hydrogen-bond acceptors (Lipinski definition) is 2. The van der Waals surface area contributed by atoms with Gasteiger partial charge in [-0.1, -0.05) is 19.1 Å². The third-order valence-corrected chi connectivity index (χ3v) is 3.34. The van der Waals surface area contributed by atoms with Gasteiger partial charge in [0.1, 0.15) is 11.6 Å². The van der Waals surface area contributed by atoms with Crippen molar-refractivity contribution >= 4 is 0 Å². The molecule has 1 aromatic heterocycles. The summed E-state index contributed by atoms with van der Waals surface area (Å²) < 4.78 is 13.5. The lowest BCUT2D eigenvalue weighted by molar-refractivity contribution is 0.525. The topological polar surface area (TPSA) is 40.7 Å². The van der Waals surface area contributed by atoms with Crippen LogP contribution in [0.1, 0.15) is 31.7 Å². The fourth-order valence-corrected chi connectivity index (χ4v) is 1.77. The number of imidazole rings is 1. The molecule has 0 saturated carbocycles. The first-order chi connectivity index (χ1) is 9.10. The van der Waals surface area contributed by atoms with E-state index >= 15 is 0 Å². The van der Waals surface area contributed by atoms with Crippen LogP contribution in [0.4, 0.5) is 4.39 Å². The smallest absolute Gasteiger partial charge is 0.126 e. The van der Waals surface area contributed by atoms with Crippen molar-refractivity contribution in [2.45, 2.75) is 39.8 Å². The van der Waals surface area contributed by atoms with E-state index in [9.17, 15) is 4.39 Å². The van der Waals surface area contributed by atoms with Crippen LogP contribution in [0.2, 0.25) is 0 Å². The lowest BCUT2D eigenvalue weighted by Crippen LogP contribution is -2.24. The van der Waals surface area contributed by atoms with Gasteiger partial charge in [-0.3, -0.25) is 0 Å². The van der Waals surface area contributed by atoms with E-state index in [-0.39, 0.29) is 5.82 Å². The first-order valence-electron chi connectivity index (χ1n) is 6.64. The first-order valence-corrected chi connectivity index (χ1v) is 6.64. The van der Waals surface area contributed by atoms with E-state index in [2.05, 4.69) is 29.1 Å². The zero-order chi connectivity index (χ0) is 13.8. The SMILES string of the molecule is CCC(C)NCc1ncc(-c2ccc(C)c(F)c2)[nH]1. The molecule has 0 aliphatic heterocycles. The van der Waals surface area contributed by atoms with Gasteiger partial charge in [0.2, 0.25) is 0 Å². The van der Waals surface area contributed by atoms with E-state index in [1.165, 1.54) is 6.07 Å². The van der Waals surface area contributed by atoms with Gasteiger partial charge < -0.3 is 10.3 Å². The van der Waals surface area contributed by atoms with Crippen LogP contribution in [0, 0.1) is 12.7 Å². The lowest BCUT2D eigenvalue weighted by Gasteiger charge is -2.08. The van der Waals surface area contributed by atoms with Gasteiger partial charge in [-0.25, -0.2) is 9.37 Å². The maximum Gasteiger partial charge on any atom is 0.126 e. The van der Waals surface area contributed by atoms with Crippen LogP contribution in [-0.2, 0) is 6.54 Å². The molecule has 19 heavy (non-hydrogen) atoms. The molecule has 0 spiro atoms. The van der Waals surface area contributed by atoms with E-state index in [1.54, 1.807) is 19.2 Å². The zero-order valence-corrected chi connectivity index (χ0v) is 11.6. The van der Waals surface area contributed by atoms with Crippen LogP contribution in [0.15, 0.2) is 24.4 Å². The number of aryl methyl sites for hydroxylation is 1. The van der Waals surface area contributed by atoms with E-state index in [0.29, 0.717) is 18.2 Å². The van der Waals surface area contributed by atoms with Crippen LogP contribution in [0.3, 0.4) is 0 Å². The molecule has 4 heteroatoms. The maximum absolute atomic E-state index is 13.5. The van der Waals surface area contributed by atoms with Crippen LogP contribution >= 0.6 is 0 Å². The van der Waals surface area contributed by atoms with Gasteiger partial charge in [0.05, 0.1) is 18.4 Å². The number of H-pyrrole nitrogens is 1. The fraction of sp³-hybridized carbons (Fsp3) is 0.400. The van der Waals surface area contributed by atoms with Crippen LogP contribution < -0.4 is 5.32 Å². The largest absolute Gasteiger partial charge is 0.341 e. The Kier molecular flexibility index (Phi) is 4.32. The van der Waals surface area contributed by atoms with Gasteiger partial charge in [0.15, 0.2) is 0 Å². The Morgan fingerprint density at radius 3 is 2.89 bits per heavy atom. The Balaban J connectivity index is 2.09. The van der Waals surface area contributed by atoms with Crippen molar-refractivity contribution in [3.63, 3.8) is 0 Å². The van der Waals surface area contributed by atoms with E-state index in [4.69, 9.17) is 0 Å². The molecule has 102 valence electrons. The normalized spacial score (nSPS) is 12.6. The standard InChI is InChI=1S/C15H20FN3/c1-4-11(3)17-9-15-18-8-14(19-15)12-6-5-10(2)13(16)7-12/h5-8,11,17H,4,9H2,1-3H3,(H,18,19). The van der Waals surface area contributed by atoms with Crippen LogP contribution in [0.5, 0.6) is 0 Å². The first kappa shape index (κ1) is 13.7. The molecule has 3 nitrogen and oxygen atoms in total. The van der Waals surface area contributed by atoms with Gasteiger partial charge in [0, 0.05) is 11.6 Å². The van der Waals surface area contributed by atoms with E-state index in [1.807, 2.05) is 6.07 Å².